The zero-order valence-corrected chi connectivity index (χ0v) is 8.85. The molecule has 0 radical (unpaired) electrons. The molecule has 14 heavy (non-hydrogen) atoms. The molecule has 0 amide bonds. The fourth-order valence-corrected chi connectivity index (χ4v) is 1.04. The lowest BCUT2D eigenvalue weighted by Gasteiger charge is -2.17. The monoisotopic (exact) mass is 221 g/mol. The molecule has 0 unspecified atom stereocenters. The maximum atomic E-state index is 9.43. The van der Waals surface area contributed by atoms with Gasteiger partial charge < -0.3 is 15.6 Å². The highest BCUT2D eigenvalue weighted by Gasteiger charge is 2.14. The number of nitrogens with two attached hydrogens (primary N) is 1. The molecular weight excluding hydrogens is 206 g/mol. The van der Waals surface area contributed by atoms with Crippen molar-refractivity contribution in [2.75, 3.05) is 13.7 Å². The molecule has 0 saturated heterocycles. The highest BCUT2D eigenvalue weighted by molar-refractivity contribution is 5.85. The quantitative estimate of drug-likeness (QED) is 0.712. The molecule has 3 N–H and O–H groups in total. The van der Waals surface area contributed by atoms with Gasteiger partial charge in [0.1, 0.15) is 0 Å². The highest BCUT2D eigenvalue weighted by atomic mass is 35.5. The first-order valence-corrected chi connectivity index (χ1v) is 4.14. The van der Waals surface area contributed by atoms with Gasteiger partial charge in [0, 0.05) is 19.5 Å². The predicted octanol–water partition coefficient (Wildman–Crippen LogP) is -0.360. The van der Waals surface area contributed by atoms with E-state index in [4.69, 9.17) is 10.5 Å². The van der Waals surface area contributed by atoms with Crippen LogP contribution in [0.3, 0.4) is 0 Å². The Morgan fingerprint density at radius 3 is 2.86 bits per heavy atom. The Labute approximate surface area is 89.3 Å². The Bertz CT molecular complexity index is 231. The molecule has 1 aromatic rings. The van der Waals surface area contributed by atoms with Gasteiger partial charge in [-0.15, -0.1) is 12.4 Å². The minimum atomic E-state index is -0.644. The second-order valence-electron chi connectivity index (χ2n) is 2.91. The Hall–Kier alpha value is -0.620. The van der Waals surface area contributed by atoms with Gasteiger partial charge in [0.25, 0.3) is 0 Å². The number of aromatic nitrogens is 2. The van der Waals surface area contributed by atoms with Crippen LogP contribution in [-0.2, 0) is 11.3 Å². The van der Waals surface area contributed by atoms with Gasteiger partial charge in [-0.25, -0.2) is 0 Å². The molecule has 5 nitrogen and oxygen atoms in total. The lowest BCUT2D eigenvalue weighted by Crippen LogP contribution is -2.41. The van der Waals surface area contributed by atoms with Gasteiger partial charge in [-0.1, -0.05) is 0 Å². The fourth-order valence-electron chi connectivity index (χ4n) is 1.04. The van der Waals surface area contributed by atoms with E-state index in [1.165, 1.54) is 7.11 Å². The van der Waals surface area contributed by atoms with Crippen molar-refractivity contribution in [3.8, 4) is 0 Å². The first kappa shape index (κ1) is 13.4. The molecule has 82 valence electrons. The molecule has 0 saturated carbocycles. The molecule has 0 bridgehead atoms. The third-order valence-electron chi connectivity index (χ3n) is 1.79. The van der Waals surface area contributed by atoms with Crippen molar-refractivity contribution in [2.24, 2.45) is 5.73 Å². The van der Waals surface area contributed by atoms with Gasteiger partial charge in [0.05, 0.1) is 25.3 Å². The van der Waals surface area contributed by atoms with Gasteiger partial charge >= 0.3 is 0 Å². The minimum absolute atomic E-state index is 0. The summed E-state index contributed by atoms with van der Waals surface area (Å²) < 4.78 is 6.47. The molecule has 0 fully saturated rings. The van der Waals surface area contributed by atoms with E-state index < -0.39 is 6.10 Å². The Balaban J connectivity index is 0.00000169. The molecule has 0 aliphatic heterocycles. The van der Waals surface area contributed by atoms with Crippen LogP contribution in [0, 0.1) is 0 Å². The van der Waals surface area contributed by atoms with Crippen LogP contribution in [-0.4, -0.2) is 40.7 Å². The molecule has 2 atom stereocenters. The second-order valence-corrected chi connectivity index (χ2v) is 2.91. The molecule has 1 aromatic heterocycles. The van der Waals surface area contributed by atoms with Crippen LogP contribution in [0.1, 0.15) is 0 Å². The molecule has 0 aliphatic rings. The lowest BCUT2D eigenvalue weighted by molar-refractivity contribution is 0.0434. The van der Waals surface area contributed by atoms with E-state index in [1.54, 1.807) is 17.1 Å². The number of rotatable bonds is 5. The summed E-state index contributed by atoms with van der Waals surface area (Å²) in [6, 6.07) is 1.47. The smallest absolute Gasteiger partial charge is 0.0942 e. The number of nitrogens with zero attached hydrogens (tertiary/aromatic N) is 2. The van der Waals surface area contributed by atoms with Crippen LogP contribution < -0.4 is 5.73 Å². The number of hydrogen-bond acceptors (Lipinski definition) is 4. The largest absolute Gasteiger partial charge is 0.389 e. The van der Waals surface area contributed by atoms with E-state index in [0.29, 0.717) is 6.54 Å². The minimum Gasteiger partial charge on any atom is -0.389 e. The topological polar surface area (TPSA) is 73.3 Å². The number of ether oxygens (including phenoxy) is 1. The van der Waals surface area contributed by atoms with E-state index >= 15 is 0 Å². The molecular formula is C8H16ClN3O2. The predicted molar refractivity (Wildman–Crippen MR) is 55.3 cm³/mol. The SMILES string of the molecule is COC[C@@H](O)[C@H](N)Cn1cccn1.Cl. The normalized spacial score (nSPS) is 14.5. The third-order valence-corrected chi connectivity index (χ3v) is 1.79. The van der Waals surface area contributed by atoms with E-state index in [2.05, 4.69) is 5.10 Å². The van der Waals surface area contributed by atoms with Crippen molar-refractivity contribution in [1.29, 1.82) is 0 Å². The van der Waals surface area contributed by atoms with E-state index in [1.807, 2.05) is 6.07 Å². The molecule has 1 heterocycles. The summed E-state index contributed by atoms with van der Waals surface area (Å²) in [5.41, 5.74) is 5.70. The van der Waals surface area contributed by atoms with Crippen LogP contribution in [0.5, 0.6) is 0 Å². The summed E-state index contributed by atoms with van der Waals surface area (Å²) in [5, 5.41) is 13.4. The number of aliphatic hydroxyl groups excluding tert-OH is 1. The zero-order chi connectivity index (χ0) is 9.68. The van der Waals surface area contributed by atoms with E-state index in [9.17, 15) is 5.11 Å². The van der Waals surface area contributed by atoms with Gasteiger partial charge in [0.15, 0.2) is 0 Å². The van der Waals surface area contributed by atoms with Crippen LogP contribution in [0.15, 0.2) is 18.5 Å². The number of hydrogen-bond donors (Lipinski definition) is 2. The van der Waals surface area contributed by atoms with Crippen LogP contribution in [0.25, 0.3) is 0 Å². The van der Waals surface area contributed by atoms with E-state index in [0.717, 1.165) is 0 Å². The summed E-state index contributed by atoms with van der Waals surface area (Å²) >= 11 is 0. The standard InChI is InChI=1S/C8H15N3O2.ClH/c1-13-6-8(12)7(9)5-11-4-2-3-10-11;/h2-4,7-8,12H,5-6,9H2,1H3;1H/t7-,8-;/m1./s1. The first-order valence-electron chi connectivity index (χ1n) is 4.14. The van der Waals surface area contributed by atoms with Gasteiger partial charge in [0.2, 0.25) is 0 Å². The van der Waals surface area contributed by atoms with E-state index in [-0.39, 0.29) is 25.1 Å². The summed E-state index contributed by atoms with van der Waals surface area (Å²) in [4.78, 5) is 0. The Morgan fingerprint density at radius 1 is 1.64 bits per heavy atom. The Morgan fingerprint density at radius 2 is 2.36 bits per heavy atom. The number of methoxy groups -OCH3 is 1. The average Bonchev–Trinajstić information content (AvgIpc) is 2.57. The maximum absolute atomic E-state index is 9.43. The van der Waals surface area contributed by atoms with Crippen LogP contribution in [0.4, 0.5) is 0 Å². The molecule has 0 aliphatic carbocycles. The van der Waals surface area contributed by atoms with Gasteiger partial charge in [-0.2, -0.15) is 5.10 Å². The molecule has 6 heteroatoms. The van der Waals surface area contributed by atoms with Gasteiger partial charge in [-0.3, -0.25) is 4.68 Å². The van der Waals surface area contributed by atoms with Crippen molar-refractivity contribution < 1.29 is 9.84 Å². The third kappa shape index (κ3) is 4.06. The average molecular weight is 222 g/mol. The van der Waals surface area contributed by atoms with Crippen molar-refractivity contribution in [2.45, 2.75) is 18.7 Å². The number of halogens is 1. The van der Waals surface area contributed by atoms with Crippen LogP contribution >= 0.6 is 12.4 Å². The Kier molecular flexibility index (Phi) is 6.48. The van der Waals surface area contributed by atoms with Crippen molar-refractivity contribution in [1.82, 2.24) is 9.78 Å². The first-order chi connectivity index (χ1) is 6.24. The van der Waals surface area contributed by atoms with Crippen molar-refractivity contribution in [3.05, 3.63) is 18.5 Å². The second kappa shape index (κ2) is 6.78. The van der Waals surface area contributed by atoms with Crippen LogP contribution in [0.2, 0.25) is 0 Å². The number of aliphatic hydroxyl groups is 1. The fraction of sp³-hybridized carbons (Fsp3) is 0.625. The molecule has 0 aromatic carbocycles. The summed E-state index contributed by atoms with van der Waals surface area (Å²) in [5.74, 6) is 0. The summed E-state index contributed by atoms with van der Waals surface area (Å²) in [7, 11) is 1.53. The summed E-state index contributed by atoms with van der Waals surface area (Å²) in [6.07, 6.45) is 2.84. The lowest BCUT2D eigenvalue weighted by atomic mass is 10.2. The maximum Gasteiger partial charge on any atom is 0.0942 e. The van der Waals surface area contributed by atoms with Crippen molar-refractivity contribution in [3.63, 3.8) is 0 Å². The molecule has 1 rings (SSSR count). The highest BCUT2D eigenvalue weighted by Crippen LogP contribution is 1.95. The summed E-state index contributed by atoms with van der Waals surface area (Å²) in [6.45, 7) is 0.750. The molecule has 0 spiro atoms. The zero-order valence-electron chi connectivity index (χ0n) is 8.04. The van der Waals surface area contributed by atoms with Crippen molar-refractivity contribution >= 4 is 12.4 Å². The van der Waals surface area contributed by atoms with Gasteiger partial charge in [-0.05, 0) is 6.07 Å².